The predicted octanol–water partition coefficient (Wildman–Crippen LogP) is 0.791. The van der Waals surface area contributed by atoms with E-state index in [1.807, 2.05) is 0 Å². The molecule has 2 N–H and O–H groups in total. The largest absolute Gasteiger partial charge is 0.323 e. The van der Waals surface area contributed by atoms with Crippen LogP contribution in [0, 0.1) is 0 Å². The molecule has 2 nitrogen and oxygen atoms in total. The van der Waals surface area contributed by atoms with Crippen molar-refractivity contribution in [1.82, 2.24) is 4.90 Å². The smallest absolute Gasteiger partial charge is 0.0764 e. The maximum Gasteiger partial charge on any atom is 0.0764 e. The summed E-state index contributed by atoms with van der Waals surface area (Å²) in [6, 6.07) is 0. The van der Waals surface area contributed by atoms with E-state index in [9.17, 15) is 0 Å². The van der Waals surface area contributed by atoms with Crippen LogP contribution in [0.3, 0.4) is 0 Å². The molecule has 1 heterocycles. The molecule has 0 aromatic heterocycles. The molecule has 0 amide bonds. The van der Waals surface area contributed by atoms with Gasteiger partial charge >= 0.3 is 0 Å². The summed E-state index contributed by atoms with van der Waals surface area (Å²) in [6.07, 6.45) is 3.39. The molecule has 2 rings (SSSR count). The molecule has 0 spiro atoms. The minimum Gasteiger partial charge on any atom is -0.323 e. The van der Waals surface area contributed by atoms with Gasteiger partial charge in [0.1, 0.15) is 0 Å². The van der Waals surface area contributed by atoms with Gasteiger partial charge in [0.15, 0.2) is 0 Å². The maximum atomic E-state index is 6.44. The number of likely N-dealkylation sites (tertiary alicyclic amines) is 1. The van der Waals surface area contributed by atoms with Crippen molar-refractivity contribution in [2.45, 2.75) is 29.7 Å². The Morgan fingerprint density at radius 1 is 1.36 bits per heavy atom. The van der Waals surface area contributed by atoms with Gasteiger partial charge in [-0.05, 0) is 26.3 Å². The number of halogens is 1. The first-order valence-corrected chi connectivity index (χ1v) is 4.60. The molecule has 3 heteroatoms. The summed E-state index contributed by atoms with van der Waals surface area (Å²) >= 11 is 6.44. The van der Waals surface area contributed by atoms with Crippen LogP contribution in [0.15, 0.2) is 0 Å². The van der Waals surface area contributed by atoms with E-state index in [2.05, 4.69) is 11.9 Å². The first-order valence-electron chi connectivity index (χ1n) is 4.22. The fraction of sp³-hybridized carbons (Fsp3) is 1.00. The van der Waals surface area contributed by atoms with Crippen molar-refractivity contribution in [2.24, 2.45) is 5.73 Å². The Hall–Kier alpha value is 0.210. The van der Waals surface area contributed by atoms with Crippen LogP contribution >= 0.6 is 11.6 Å². The minimum absolute atomic E-state index is 0.0939. The quantitative estimate of drug-likeness (QED) is 0.551. The van der Waals surface area contributed by atoms with Gasteiger partial charge in [0.2, 0.25) is 0 Å². The van der Waals surface area contributed by atoms with E-state index in [1.165, 1.54) is 6.42 Å². The second kappa shape index (κ2) is 2.12. The number of nitrogens with two attached hydrogens (primary N) is 1. The molecule has 1 saturated carbocycles. The van der Waals surface area contributed by atoms with Crippen LogP contribution in [0.5, 0.6) is 0 Å². The number of hydrogen-bond donors (Lipinski definition) is 1. The fourth-order valence-electron chi connectivity index (χ4n) is 2.58. The van der Waals surface area contributed by atoms with Crippen LogP contribution in [0.1, 0.15) is 19.3 Å². The SMILES string of the molecule is CN1C[C@]2(N)CCC[C@]2(Cl)C1. The number of alkyl halides is 1. The maximum absolute atomic E-state index is 6.44. The van der Waals surface area contributed by atoms with Gasteiger partial charge in [0.05, 0.1) is 4.87 Å². The normalized spacial score (nSPS) is 51.5. The Labute approximate surface area is 72.7 Å². The Balaban J connectivity index is 2.28. The standard InChI is InChI=1S/C8H15ClN2/c1-11-5-7(9)3-2-4-8(7,10)6-11/h2-6,10H2,1H3/t7-,8+/m0/s1. The summed E-state index contributed by atoms with van der Waals surface area (Å²) in [7, 11) is 2.09. The average Bonchev–Trinajstić information content (AvgIpc) is 2.16. The summed E-state index contributed by atoms with van der Waals surface area (Å²) in [5.41, 5.74) is 6.12. The summed E-state index contributed by atoms with van der Waals surface area (Å²) in [5, 5.41) is 0. The van der Waals surface area contributed by atoms with Crippen LogP contribution in [0.4, 0.5) is 0 Å². The van der Waals surface area contributed by atoms with Crippen LogP contribution < -0.4 is 5.73 Å². The third kappa shape index (κ3) is 0.930. The molecule has 64 valence electrons. The van der Waals surface area contributed by atoms with Crippen molar-refractivity contribution in [3.63, 3.8) is 0 Å². The molecule has 1 saturated heterocycles. The Morgan fingerprint density at radius 2 is 2.09 bits per heavy atom. The van der Waals surface area contributed by atoms with Crippen molar-refractivity contribution in [3.8, 4) is 0 Å². The van der Waals surface area contributed by atoms with Gasteiger partial charge < -0.3 is 10.6 Å². The summed E-state index contributed by atoms with van der Waals surface area (Å²) in [6.45, 7) is 1.93. The molecular formula is C8H15ClN2. The molecular weight excluding hydrogens is 160 g/mol. The third-order valence-corrected chi connectivity index (χ3v) is 3.85. The van der Waals surface area contributed by atoms with E-state index >= 15 is 0 Å². The summed E-state index contributed by atoms with van der Waals surface area (Å²) < 4.78 is 0. The first-order chi connectivity index (χ1) is 5.06. The number of fused-ring (bicyclic) bond motifs is 1. The molecule has 0 bridgehead atoms. The zero-order chi connectivity index (χ0) is 8.11. The number of nitrogens with zero attached hydrogens (tertiary/aromatic N) is 1. The lowest BCUT2D eigenvalue weighted by Gasteiger charge is -2.29. The van der Waals surface area contributed by atoms with Crippen molar-refractivity contribution in [3.05, 3.63) is 0 Å². The fourth-order valence-corrected chi connectivity index (χ4v) is 3.07. The van der Waals surface area contributed by atoms with Gasteiger partial charge in [-0.25, -0.2) is 0 Å². The lowest BCUT2D eigenvalue weighted by molar-refractivity contribution is 0.361. The van der Waals surface area contributed by atoms with Gasteiger partial charge in [0.25, 0.3) is 0 Å². The van der Waals surface area contributed by atoms with E-state index in [0.717, 1.165) is 25.9 Å². The number of likely N-dealkylation sites (N-methyl/N-ethyl adjacent to an activating group) is 1. The van der Waals surface area contributed by atoms with Gasteiger partial charge in [-0.2, -0.15) is 0 Å². The van der Waals surface area contributed by atoms with Crippen LogP contribution in [-0.4, -0.2) is 35.5 Å². The minimum atomic E-state index is -0.109. The van der Waals surface area contributed by atoms with E-state index in [1.54, 1.807) is 0 Å². The first kappa shape index (κ1) is 7.84. The lowest BCUT2D eigenvalue weighted by atomic mass is 9.91. The van der Waals surface area contributed by atoms with E-state index in [0.29, 0.717) is 0 Å². The molecule has 1 aliphatic heterocycles. The Morgan fingerprint density at radius 3 is 2.73 bits per heavy atom. The topological polar surface area (TPSA) is 29.3 Å². The third-order valence-electron chi connectivity index (χ3n) is 3.16. The van der Waals surface area contributed by atoms with Gasteiger partial charge in [-0.15, -0.1) is 11.6 Å². The van der Waals surface area contributed by atoms with Gasteiger partial charge in [0, 0.05) is 18.6 Å². The monoisotopic (exact) mass is 174 g/mol. The van der Waals surface area contributed by atoms with Crippen LogP contribution in [0.2, 0.25) is 0 Å². The molecule has 0 unspecified atom stereocenters. The van der Waals surface area contributed by atoms with Crippen LogP contribution in [0.25, 0.3) is 0 Å². The molecule has 0 radical (unpaired) electrons. The Kier molecular flexibility index (Phi) is 1.51. The summed E-state index contributed by atoms with van der Waals surface area (Å²) in [4.78, 5) is 2.13. The van der Waals surface area contributed by atoms with Gasteiger partial charge in [-0.3, -0.25) is 0 Å². The second-order valence-corrected chi connectivity index (χ2v) is 4.87. The number of hydrogen-bond acceptors (Lipinski definition) is 2. The molecule has 0 aromatic rings. The van der Waals surface area contributed by atoms with Crippen molar-refractivity contribution in [2.75, 3.05) is 20.1 Å². The summed E-state index contributed by atoms with van der Waals surface area (Å²) in [5.74, 6) is 0. The molecule has 2 fully saturated rings. The lowest BCUT2D eigenvalue weighted by Crippen LogP contribution is -2.52. The van der Waals surface area contributed by atoms with Crippen molar-refractivity contribution >= 4 is 11.6 Å². The zero-order valence-corrected chi connectivity index (χ0v) is 7.69. The van der Waals surface area contributed by atoms with E-state index in [-0.39, 0.29) is 10.4 Å². The molecule has 1 aliphatic carbocycles. The highest BCUT2D eigenvalue weighted by atomic mass is 35.5. The van der Waals surface area contributed by atoms with Crippen molar-refractivity contribution in [1.29, 1.82) is 0 Å². The second-order valence-electron chi connectivity index (χ2n) is 4.15. The highest BCUT2D eigenvalue weighted by molar-refractivity contribution is 6.25. The van der Waals surface area contributed by atoms with Gasteiger partial charge in [-0.1, -0.05) is 0 Å². The highest BCUT2D eigenvalue weighted by Gasteiger charge is 2.56. The predicted molar refractivity (Wildman–Crippen MR) is 46.9 cm³/mol. The Bertz CT molecular complexity index is 167. The van der Waals surface area contributed by atoms with Crippen LogP contribution in [-0.2, 0) is 0 Å². The highest BCUT2D eigenvalue weighted by Crippen LogP contribution is 2.47. The average molecular weight is 175 g/mol. The molecule has 0 aromatic carbocycles. The molecule has 2 aliphatic rings. The van der Waals surface area contributed by atoms with E-state index in [4.69, 9.17) is 17.3 Å². The van der Waals surface area contributed by atoms with E-state index < -0.39 is 0 Å². The molecule has 2 atom stereocenters. The zero-order valence-electron chi connectivity index (χ0n) is 6.94. The number of rotatable bonds is 0. The van der Waals surface area contributed by atoms with Crippen molar-refractivity contribution < 1.29 is 0 Å². The molecule has 11 heavy (non-hydrogen) atoms.